The van der Waals surface area contributed by atoms with E-state index < -0.39 is 149 Å². The number of ketones is 1. The molecule has 20 unspecified atom stereocenters. The molecule has 4 aliphatic heterocycles. The van der Waals surface area contributed by atoms with Crippen LogP contribution in [0.5, 0.6) is 0 Å². The van der Waals surface area contributed by atoms with E-state index in [9.17, 15) is 81.1 Å². The van der Waals surface area contributed by atoms with Crippen molar-refractivity contribution >= 4 is 11.7 Å². The lowest BCUT2D eigenvalue weighted by Gasteiger charge is -2.46. The molecule has 0 spiro atoms. The summed E-state index contributed by atoms with van der Waals surface area (Å²) >= 11 is 0. The van der Waals surface area contributed by atoms with Crippen LogP contribution in [0.4, 0.5) is 0 Å². The van der Waals surface area contributed by atoms with E-state index in [2.05, 4.69) is 5.32 Å². The second kappa shape index (κ2) is 37.3. The highest BCUT2D eigenvalue weighted by atomic mass is 16.8. The third-order valence-corrected chi connectivity index (χ3v) is 14.3. The van der Waals surface area contributed by atoms with Crippen LogP contribution in [-0.4, -0.2) is 280 Å². The number of hydrogen-bond donors (Lipinski definition) is 15. The molecule has 0 aromatic rings. The average Bonchev–Trinajstić information content (AvgIpc) is 3.42. The highest BCUT2D eigenvalue weighted by Crippen LogP contribution is 2.35. The minimum atomic E-state index is -1.63. The van der Waals surface area contributed by atoms with Gasteiger partial charge in [-0.1, -0.05) is 32.1 Å². The first-order valence-electron chi connectivity index (χ1n) is 27.4. The van der Waals surface area contributed by atoms with Crippen LogP contribution in [-0.2, 0) is 57.0 Å². The van der Waals surface area contributed by atoms with Crippen molar-refractivity contribution in [2.24, 2.45) is 11.8 Å². The van der Waals surface area contributed by atoms with E-state index in [0.717, 1.165) is 38.5 Å². The van der Waals surface area contributed by atoms with Crippen molar-refractivity contribution in [3.8, 4) is 0 Å². The summed E-state index contributed by atoms with van der Waals surface area (Å²) in [5.74, 6) is -1.60. The fraction of sp³-hybridized carbons (Fsp3) is 0.960. The number of carbonyl (C=O) groups excluding carboxylic acids is 2. The van der Waals surface area contributed by atoms with E-state index in [-0.39, 0.29) is 64.0 Å². The lowest BCUT2D eigenvalue weighted by atomic mass is 9.86. The van der Waals surface area contributed by atoms with Crippen molar-refractivity contribution in [3.05, 3.63) is 0 Å². The zero-order valence-electron chi connectivity index (χ0n) is 44.0. The smallest absolute Gasteiger partial charge is 0.222 e. The fourth-order valence-corrected chi connectivity index (χ4v) is 9.79. The maximum Gasteiger partial charge on any atom is 0.222 e. The fourth-order valence-electron chi connectivity index (χ4n) is 9.79. The van der Waals surface area contributed by atoms with Crippen LogP contribution in [0.1, 0.15) is 96.3 Å². The molecule has 4 fully saturated rings. The number of Topliss-reactive ketones (excluding diaryl/α,β-unsaturated/α-hetero) is 1. The molecule has 4 heterocycles. The Kier molecular flexibility index (Phi) is 32.8. The predicted octanol–water partition coefficient (Wildman–Crippen LogP) is -4.67. The van der Waals surface area contributed by atoms with Crippen molar-refractivity contribution in [2.45, 2.75) is 207 Å². The van der Waals surface area contributed by atoms with E-state index in [1.165, 1.54) is 0 Å². The van der Waals surface area contributed by atoms with E-state index in [4.69, 9.17) is 47.4 Å². The number of carbonyl (C=O) groups is 2. The van der Waals surface area contributed by atoms with Gasteiger partial charge in [-0.3, -0.25) is 9.59 Å². The maximum absolute atomic E-state index is 12.3. The highest BCUT2D eigenvalue weighted by molar-refractivity contribution is 5.78. The summed E-state index contributed by atoms with van der Waals surface area (Å²) < 4.78 is 56.3. The molecule has 0 saturated carbocycles. The van der Waals surface area contributed by atoms with Gasteiger partial charge in [0, 0.05) is 77.3 Å². The summed E-state index contributed by atoms with van der Waals surface area (Å²) in [6.07, 6.45) is -17.1. The summed E-state index contributed by atoms with van der Waals surface area (Å²) in [6.45, 7) is -0.804. The SMILES string of the molecule is O=C(CCCCCCCOC1OC(CO)C(OC2OC(CO)C(CCO)C(O)C2O)C(O)C1O)CCOCCCOCCC(=O)NCCCCCCOC1OC(CO)C(OC2OC(CO)C(CCO)C(O)C2O)C(O)C1O. The van der Waals surface area contributed by atoms with E-state index in [1.54, 1.807) is 0 Å². The molecule has 0 aliphatic carbocycles. The Morgan fingerprint density at radius 2 is 0.792 bits per heavy atom. The molecule has 0 aromatic carbocycles. The molecule has 4 rings (SSSR count). The summed E-state index contributed by atoms with van der Waals surface area (Å²) in [5.41, 5.74) is 0. The largest absolute Gasteiger partial charge is 0.396 e. The first-order valence-corrected chi connectivity index (χ1v) is 27.4. The molecular formula is C50H91NO26. The number of nitrogens with one attached hydrogen (secondary N) is 1. The molecule has 77 heavy (non-hydrogen) atoms. The Morgan fingerprint density at radius 3 is 1.25 bits per heavy atom. The van der Waals surface area contributed by atoms with Gasteiger partial charge in [-0.15, -0.1) is 0 Å². The van der Waals surface area contributed by atoms with Crippen molar-refractivity contribution in [2.75, 3.05) is 85.8 Å². The Morgan fingerprint density at radius 1 is 0.390 bits per heavy atom. The van der Waals surface area contributed by atoms with Crippen molar-refractivity contribution in [3.63, 3.8) is 0 Å². The first kappa shape index (κ1) is 67.7. The van der Waals surface area contributed by atoms with Crippen LogP contribution in [0.2, 0.25) is 0 Å². The number of ether oxygens (including phenoxy) is 10. The normalized spacial score (nSPS) is 35.8. The third-order valence-electron chi connectivity index (χ3n) is 14.3. The summed E-state index contributed by atoms with van der Waals surface area (Å²) in [5, 5.41) is 146. The summed E-state index contributed by atoms with van der Waals surface area (Å²) in [7, 11) is 0. The minimum absolute atomic E-state index is 0.0486. The van der Waals surface area contributed by atoms with Gasteiger partial charge in [-0.2, -0.15) is 0 Å². The number of amides is 1. The molecule has 0 radical (unpaired) electrons. The molecule has 27 heteroatoms. The average molecular weight is 1120 g/mol. The molecular weight excluding hydrogens is 1030 g/mol. The van der Waals surface area contributed by atoms with Crippen LogP contribution in [0.15, 0.2) is 0 Å². The Bertz CT molecular complexity index is 1460. The lowest BCUT2D eigenvalue weighted by Crippen LogP contribution is -2.63. The minimum Gasteiger partial charge on any atom is -0.396 e. The predicted molar refractivity (Wildman–Crippen MR) is 263 cm³/mol. The monoisotopic (exact) mass is 1120 g/mol. The van der Waals surface area contributed by atoms with Gasteiger partial charge in [0.25, 0.3) is 0 Å². The van der Waals surface area contributed by atoms with Crippen LogP contribution in [0, 0.1) is 11.8 Å². The lowest BCUT2D eigenvalue weighted by molar-refractivity contribution is -0.356. The Hall–Kier alpha value is -1.82. The molecule has 452 valence electrons. The van der Waals surface area contributed by atoms with Gasteiger partial charge < -0.3 is 124 Å². The van der Waals surface area contributed by atoms with Gasteiger partial charge in [-0.05, 0) is 44.9 Å². The third kappa shape index (κ3) is 21.5. The number of unbranched alkanes of at least 4 members (excludes halogenated alkanes) is 7. The number of hydrogen-bond acceptors (Lipinski definition) is 26. The van der Waals surface area contributed by atoms with Gasteiger partial charge in [0.05, 0.1) is 64.1 Å². The second-order valence-corrected chi connectivity index (χ2v) is 20.0. The van der Waals surface area contributed by atoms with Gasteiger partial charge in [-0.25, -0.2) is 0 Å². The molecule has 20 atom stereocenters. The highest BCUT2D eigenvalue weighted by Gasteiger charge is 2.52. The maximum atomic E-state index is 12.3. The van der Waals surface area contributed by atoms with E-state index in [0.29, 0.717) is 64.9 Å². The van der Waals surface area contributed by atoms with Gasteiger partial charge in [0.2, 0.25) is 5.91 Å². The molecule has 4 aliphatic rings. The summed E-state index contributed by atoms with van der Waals surface area (Å²) in [4.78, 5) is 24.5. The van der Waals surface area contributed by atoms with Crippen LogP contribution >= 0.6 is 0 Å². The molecule has 15 N–H and O–H groups in total. The quantitative estimate of drug-likeness (QED) is 0.0257. The van der Waals surface area contributed by atoms with Crippen LogP contribution < -0.4 is 5.32 Å². The van der Waals surface area contributed by atoms with Crippen molar-refractivity contribution < 1.29 is 128 Å². The number of aliphatic hydroxyl groups is 14. The van der Waals surface area contributed by atoms with E-state index >= 15 is 0 Å². The molecule has 0 bridgehead atoms. The van der Waals surface area contributed by atoms with Crippen molar-refractivity contribution in [1.29, 1.82) is 0 Å². The standard InChI is InChI=1S/C50H91NO26/c52-17-12-30-32(25-54)72-49(41(64)37(30)60)76-45-34(27-56)74-47(43(66)39(45)62)70-21-8-4-1-2-6-11-29(58)14-23-68-19-10-20-69-24-15-36(59)51-16-7-3-5-9-22-71-48-44(67)40(63)46(35(28-57)75-48)77-50-42(65)38(61)31(13-18-53)33(26-55)73-50/h30-35,37-50,52-57,60-67H,1-28H2,(H,51,59). The van der Waals surface area contributed by atoms with Gasteiger partial charge in [0.1, 0.15) is 66.8 Å². The molecule has 1 amide bonds. The Balaban J connectivity index is 0.920. The topological polar surface area (TPSA) is 422 Å². The first-order chi connectivity index (χ1) is 37.1. The van der Waals surface area contributed by atoms with Crippen molar-refractivity contribution in [1.82, 2.24) is 5.32 Å². The summed E-state index contributed by atoms with van der Waals surface area (Å²) in [6, 6.07) is 0. The van der Waals surface area contributed by atoms with Gasteiger partial charge >= 0.3 is 0 Å². The second-order valence-electron chi connectivity index (χ2n) is 20.0. The number of aliphatic hydroxyl groups excluding tert-OH is 14. The molecule has 27 nitrogen and oxygen atoms in total. The zero-order valence-corrected chi connectivity index (χ0v) is 44.0. The van der Waals surface area contributed by atoms with E-state index in [1.807, 2.05) is 0 Å². The van der Waals surface area contributed by atoms with Crippen LogP contribution in [0.25, 0.3) is 0 Å². The molecule has 4 saturated heterocycles. The van der Waals surface area contributed by atoms with Crippen LogP contribution in [0.3, 0.4) is 0 Å². The Labute approximate surface area is 449 Å². The van der Waals surface area contributed by atoms with Gasteiger partial charge in [0.15, 0.2) is 25.2 Å². The molecule has 0 aromatic heterocycles. The number of rotatable bonds is 39. The zero-order chi connectivity index (χ0) is 56.3.